The molecule has 1 aliphatic heterocycles. The number of benzene rings is 1. The summed E-state index contributed by atoms with van der Waals surface area (Å²) in [6.07, 6.45) is 3.88. The first-order chi connectivity index (χ1) is 9.72. The fraction of sp³-hybridized carbons (Fsp3) is 0.562. The fourth-order valence-corrected chi connectivity index (χ4v) is 2.88. The highest BCUT2D eigenvalue weighted by molar-refractivity contribution is 5.79. The van der Waals surface area contributed by atoms with E-state index in [0.717, 1.165) is 18.4 Å². The lowest BCUT2D eigenvalue weighted by Crippen LogP contribution is -2.49. The molecule has 2 fully saturated rings. The molecule has 1 amide bonds. The van der Waals surface area contributed by atoms with Crippen molar-refractivity contribution in [2.75, 3.05) is 19.7 Å². The summed E-state index contributed by atoms with van der Waals surface area (Å²) in [6.45, 7) is 1.90. The molecule has 0 radical (unpaired) electrons. The molecule has 3 nitrogen and oxygen atoms in total. The third kappa shape index (κ3) is 3.01. The van der Waals surface area contributed by atoms with Crippen LogP contribution in [0, 0.1) is 11.7 Å². The third-order valence-electron chi connectivity index (χ3n) is 4.26. The summed E-state index contributed by atoms with van der Waals surface area (Å²) in [5, 5.41) is 0. The first-order valence-corrected chi connectivity index (χ1v) is 7.37. The van der Waals surface area contributed by atoms with Gasteiger partial charge in [-0.15, -0.1) is 0 Å². The minimum absolute atomic E-state index is 0.0189. The van der Waals surface area contributed by atoms with Crippen LogP contribution in [-0.2, 0) is 16.0 Å². The predicted octanol–water partition coefficient (Wildman–Crippen LogP) is 2.40. The van der Waals surface area contributed by atoms with E-state index in [1.165, 1.54) is 18.6 Å². The summed E-state index contributed by atoms with van der Waals surface area (Å²) in [7, 11) is 0. The van der Waals surface area contributed by atoms with Crippen molar-refractivity contribution in [1.82, 2.24) is 4.90 Å². The number of ether oxygens (including phenoxy) is 1. The normalized spacial score (nSPS) is 23.4. The molecule has 1 aromatic carbocycles. The lowest BCUT2D eigenvalue weighted by Gasteiger charge is -2.37. The molecule has 1 atom stereocenters. The van der Waals surface area contributed by atoms with Gasteiger partial charge in [0.15, 0.2) is 0 Å². The Labute approximate surface area is 118 Å². The average Bonchev–Trinajstić information content (AvgIpc) is 2.37. The van der Waals surface area contributed by atoms with E-state index in [1.54, 1.807) is 6.07 Å². The van der Waals surface area contributed by atoms with Gasteiger partial charge >= 0.3 is 0 Å². The Balaban J connectivity index is 1.58. The molecule has 1 heterocycles. The summed E-state index contributed by atoms with van der Waals surface area (Å²) in [5.41, 5.74) is 0.924. The first kappa shape index (κ1) is 13.6. The maximum atomic E-state index is 13.2. The van der Waals surface area contributed by atoms with Gasteiger partial charge in [-0.1, -0.05) is 18.6 Å². The van der Waals surface area contributed by atoms with Crippen molar-refractivity contribution in [2.24, 2.45) is 5.92 Å². The highest BCUT2D eigenvalue weighted by Crippen LogP contribution is 2.29. The molecule has 0 bridgehead atoms. The molecule has 1 unspecified atom stereocenters. The number of carbonyl (C=O) groups is 1. The van der Waals surface area contributed by atoms with E-state index in [0.29, 0.717) is 26.1 Å². The minimum atomic E-state index is -0.222. The van der Waals surface area contributed by atoms with Gasteiger partial charge in [-0.2, -0.15) is 0 Å². The van der Waals surface area contributed by atoms with Crippen molar-refractivity contribution in [3.63, 3.8) is 0 Å². The van der Waals surface area contributed by atoms with Gasteiger partial charge in [0.05, 0.1) is 12.7 Å². The first-order valence-electron chi connectivity index (χ1n) is 7.37. The van der Waals surface area contributed by atoms with Gasteiger partial charge in [0.25, 0.3) is 0 Å². The van der Waals surface area contributed by atoms with Crippen molar-refractivity contribution >= 4 is 5.91 Å². The van der Waals surface area contributed by atoms with E-state index < -0.39 is 0 Å². The van der Waals surface area contributed by atoms with Crippen LogP contribution in [0.3, 0.4) is 0 Å². The zero-order valence-corrected chi connectivity index (χ0v) is 11.6. The molecule has 0 aromatic heterocycles. The summed E-state index contributed by atoms with van der Waals surface area (Å²) in [6, 6.07) is 6.59. The zero-order chi connectivity index (χ0) is 13.9. The van der Waals surface area contributed by atoms with Gasteiger partial charge < -0.3 is 9.64 Å². The topological polar surface area (TPSA) is 29.5 Å². The number of morpholine rings is 1. The van der Waals surface area contributed by atoms with E-state index in [9.17, 15) is 9.18 Å². The second-order valence-corrected chi connectivity index (χ2v) is 5.74. The van der Waals surface area contributed by atoms with Crippen LogP contribution in [0.25, 0.3) is 0 Å². The number of rotatable bonds is 3. The fourth-order valence-electron chi connectivity index (χ4n) is 2.88. The molecular weight excluding hydrogens is 257 g/mol. The number of nitrogens with zero attached hydrogens (tertiary/aromatic N) is 1. The maximum absolute atomic E-state index is 13.2. The number of halogens is 1. The van der Waals surface area contributed by atoms with Crippen molar-refractivity contribution in [1.29, 1.82) is 0 Å². The van der Waals surface area contributed by atoms with Crippen LogP contribution < -0.4 is 0 Å². The highest BCUT2D eigenvalue weighted by Gasteiger charge is 2.32. The molecule has 1 saturated heterocycles. The zero-order valence-electron chi connectivity index (χ0n) is 11.6. The molecule has 1 aliphatic carbocycles. The number of hydrogen-bond acceptors (Lipinski definition) is 2. The van der Waals surface area contributed by atoms with E-state index in [4.69, 9.17) is 4.74 Å². The lowest BCUT2D eigenvalue weighted by molar-refractivity contribution is -0.145. The maximum Gasteiger partial charge on any atom is 0.225 e. The van der Waals surface area contributed by atoms with E-state index in [-0.39, 0.29) is 23.7 Å². The molecule has 3 rings (SSSR count). The second kappa shape index (κ2) is 5.92. The monoisotopic (exact) mass is 277 g/mol. The summed E-state index contributed by atoms with van der Waals surface area (Å²) < 4.78 is 18.9. The van der Waals surface area contributed by atoms with Crippen molar-refractivity contribution in [2.45, 2.75) is 31.8 Å². The molecule has 0 spiro atoms. The standard InChI is InChI=1S/C16H20FNO2/c17-14-6-1-3-12(9-14)10-15-11-18(7-8-20-15)16(19)13-4-2-5-13/h1,3,6,9,13,15H,2,4-5,7-8,10-11H2. The summed E-state index contributed by atoms with van der Waals surface area (Å²) >= 11 is 0. The molecule has 1 saturated carbocycles. The minimum Gasteiger partial charge on any atom is -0.374 e. The molecule has 108 valence electrons. The van der Waals surface area contributed by atoms with Crippen LogP contribution in [0.4, 0.5) is 4.39 Å². The van der Waals surface area contributed by atoms with E-state index in [1.807, 2.05) is 11.0 Å². The molecule has 1 aromatic rings. The van der Waals surface area contributed by atoms with Gasteiger partial charge in [0.1, 0.15) is 5.82 Å². The Morgan fingerprint density at radius 1 is 1.40 bits per heavy atom. The Kier molecular flexibility index (Phi) is 4.01. The van der Waals surface area contributed by atoms with Crippen molar-refractivity contribution < 1.29 is 13.9 Å². The average molecular weight is 277 g/mol. The van der Waals surface area contributed by atoms with Crippen LogP contribution >= 0.6 is 0 Å². The largest absolute Gasteiger partial charge is 0.374 e. The summed E-state index contributed by atoms with van der Waals surface area (Å²) in [4.78, 5) is 14.2. The Bertz CT molecular complexity index is 487. The van der Waals surface area contributed by atoms with Gasteiger partial charge in [0.2, 0.25) is 5.91 Å². The lowest BCUT2D eigenvalue weighted by atomic mass is 9.84. The Morgan fingerprint density at radius 2 is 2.25 bits per heavy atom. The van der Waals surface area contributed by atoms with Crippen LogP contribution in [0.1, 0.15) is 24.8 Å². The second-order valence-electron chi connectivity index (χ2n) is 5.74. The van der Waals surface area contributed by atoms with Gasteiger partial charge in [0, 0.05) is 25.4 Å². The number of amides is 1. The smallest absolute Gasteiger partial charge is 0.225 e. The SMILES string of the molecule is O=C(C1CCC1)N1CCOC(Cc2cccc(F)c2)C1. The van der Waals surface area contributed by atoms with Crippen molar-refractivity contribution in [3.8, 4) is 0 Å². The van der Waals surface area contributed by atoms with E-state index >= 15 is 0 Å². The molecular formula is C16H20FNO2. The number of carbonyl (C=O) groups excluding carboxylic acids is 1. The predicted molar refractivity (Wildman–Crippen MR) is 73.8 cm³/mol. The van der Waals surface area contributed by atoms with Crippen LogP contribution in [-0.4, -0.2) is 36.6 Å². The Hall–Kier alpha value is -1.42. The third-order valence-corrected chi connectivity index (χ3v) is 4.26. The molecule has 20 heavy (non-hydrogen) atoms. The summed E-state index contributed by atoms with van der Waals surface area (Å²) in [5.74, 6) is 0.299. The van der Waals surface area contributed by atoms with Crippen LogP contribution in [0.2, 0.25) is 0 Å². The van der Waals surface area contributed by atoms with Gasteiger partial charge in [-0.05, 0) is 30.5 Å². The quantitative estimate of drug-likeness (QED) is 0.849. The van der Waals surface area contributed by atoms with Gasteiger partial charge in [-0.25, -0.2) is 4.39 Å². The molecule has 4 heteroatoms. The number of hydrogen-bond donors (Lipinski definition) is 0. The van der Waals surface area contributed by atoms with Crippen LogP contribution in [0.5, 0.6) is 0 Å². The van der Waals surface area contributed by atoms with E-state index in [2.05, 4.69) is 0 Å². The van der Waals surface area contributed by atoms with Gasteiger partial charge in [-0.3, -0.25) is 4.79 Å². The molecule has 2 aliphatic rings. The van der Waals surface area contributed by atoms with Crippen LogP contribution in [0.15, 0.2) is 24.3 Å². The highest BCUT2D eigenvalue weighted by atomic mass is 19.1. The van der Waals surface area contributed by atoms with Crippen molar-refractivity contribution in [3.05, 3.63) is 35.6 Å². The molecule has 0 N–H and O–H groups in total. The Morgan fingerprint density at radius 3 is 2.95 bits per heavy atom.